The van der Waals surface area contributed by atoms with Crippen molar-refractivity contribution in [2.24, 2.45) is 0 Å². The van der Waals surface area contributed by atoms with Gasteiger partial charge in [-0.2, -0.15) is 0 Å². The predicted octanol–water partition coefficient (Wildman–Crippen LogP) is 13.2. The number of para-hydroxylation sites is 6. The molecular weight excluding hydrogens is 918 g/mol. The Morgan fingerprint density at radius 3 is 1.25 bits per heavy atom. The van der Waals surface area contributed by atoms with E-state index >= 15 is 0 Å². The molecule has 0 radical (unpaired) electrons. The van der Waals surface area contributed by atoms with Gasteiger partial charge in [-0.3, -0.25) is 0 Å². The zero-order valence-electron chi connectivity index (χ0n) is 40.2. The number of furan rings is 2. The Kier molecular flexibility index (Phi) is 7.01. The smallest absolute Gasteiger partial charge is 0.256 e. The molecule has 0 aliphatic carbocycles. The molecule has 11 aromatic carbocycles. The number of aromatic nitrogens is 2. The van der Waals surface area contributed by atoms with Crippen LogP contribution in [0.3, 0.4) is 0 Å². The van der Waals surface area contributed by atoms with E-state index in [1.54, 1.807) is 0 Å². The number of ether oxygens (including phenoxy) is 2. The molecule has 4 aromatic heterocycles. The molecular formula is C67H36B2N2O4. The van der Waals surface area contributed by atoms with Crippen LogP contribution in [0.15, 0.2) is 209 Å². The third kappa shape index (κ3) is 4.80. The van der Waals surface area contributed by atoms with E-state index in [0.717, 1.165) is 117 Å². The Hall–Kier alpha value is -9.65. The Morgan fingerprint density at radius 2 is 0.760 bits per heavy atom. The summed E-state index contributed by atoms with van der Waals surface area (Å²) in [6.07, 6.45) is 0. The minimum atomic E-state index is -0.111. The van der Waals surface area contributed by atoms with Gasteiger partial charge in [0.25, 0.3) is 13.4 Å². The first-order valence-corrected chi connectivity index (χ1v) is 25.9. The number of benzene rings is 11. The molecule has 0 saturated carbocycles. The lowest BCUT2D eigenvalue weighted by Gasteiger charge is -2.38. The third-order valence-corrected chi connectivity index (χ3v) is 17.4. The third-order valence-electron chi connectivity index (χ3n) is 17.4. The molecule has 19 rings (SSSR count). The highest BCUT2D eigenvalue weighted by Gasteiger charge is 2.46. The average molecular weight is 955 g/mol. The van der Waals surface area contributed by atoms with Crippen molar-refractivity contribution in [3.05, 3.63) is 206 Å². The van der Waals surface area contributed by atoms with E-state index in [-0.39, 0.29) is 13.4 Å². The fraction of sp³-hybridized carbons (Fsp3) is 0.0149. The molecule has 0 spiro atoms. The summed E-state index contributed by atoms with van der Waals surface area (Å²) in [5, 5.41) is 9.38. The van der Waals surface area contributed by atoms with Gasteiger partial charge >= 0.3 is 0 Å². The van der Waals surface area contributed by atoms with Crippen LogP contribution in [0.2, 0.25) is 0 Å². The standard InChI is InChI=1S/C67H36B2N2O4/c1-35-66-50(68-48-18-10-16-44-40-12-2-6-20-52(40)70(64(44)48)54-30-38(32-60(74-66)62(54)68)36-24-26-58-46(28-36)42-14-4-8-22-56(42)72-58)34-51-67(35)75-61-33-39(37-25-27-59-47(29-37)43-15-5-9-23-57(43)73-59)31-55-63(61)69(51)49-19-11-17-45-41-13-3-7-21-53(41)71(55)65(45)49/h2-34H,1H3. The highest BCUT2D eigenvalue weighted by atomic mass is 16.5. The van der Waals surface area contributed by atoms with Gasteiger partial charge in [0, 0.05) is 71.1 Å². The molecule has 344 valence electrons. The lowest BCUT2D eigenvalue weighted by atomic mass is 9.31. The van der Waals surface area contributed by atoms with Crippen LogP contribution in [-0.4, -0.2) is 22.6 Å². The largest absolute Gasteiger partial charge is 0.458 e. The first-order valence-electron chi connectivity index (χ1n) is 25.9. The second kappa shape index (κ2) is 13.5. The van der Waals surface area contributed by atoms with Gasteiger partial charge < -0.3 is 27.4 Å². The summed E-state index contributed by atoms with van der Waals surface area (Å²) < 4.78 is 32.7. The molecule has 0 saturated heterocycles. The molecule has 0 amide bonds. The molecule has 0 N–H and O–H groups in total. The molecule has 0 atom stereocenters. The Bertz CT molecular complexity index is 4870. The molecule has 15 aromatic rings. The van der Waals surface area contributed by atoms with Gasteiger partial charge in [0.2, 0.25) is 0 Å². The second-order valence-electron chi connectivity index (χ2n) is 21.0. The van der Waals surface area contributed by atoms with E-state index in [0.29, 0.717) is 0 Å². The van der Waals surface area contributed by atoms with Crippen LogP contribution in [0.1, 0.15) is 5.56 Å². The number of fused-ring (bicyclic) bond motifs is 20. The highest BCUT2D eigenvalue weighted by molar-refractivity contribution is 7.02. The van der Waals surface area contributed by atoms with Crippen molar-refractivity contribution in [2.75, 3.05) is 0 Å². The maximum absolute atomic E-state index is 7.51. The van der Waals surface area contributed by atoms with Gasteiger partial charge in [-0.05, 0) is 135 Å². The molecule has 0 bridgehead atoms. The summed E-state index contributed by atoms with van der Waals surface area (Å²) in [6, 6.07) is 73.0. The Morgan fingerprint density at radius 1 is 0.333 bits per heavy atom. The summed E-state index contributed by atoms with van der Waals surface area (Å²) in [5.74, 6) is 3.42. The lowest BCUT2D eigenvalue weighted by Crippen LogP contribution is -2.62. The van der Waals surface area contributed by atoms with Crippen LogP contribution in [0, 0.1) is 6.92 Å². The number of hydrogen-bond acceptors (Lipinski definition) is 4. The second-order valence-corrected chi connectivity index (χ2v) is 21.0. The predicted molar refractivity (Wildman–Crippen MR) is 308 cm³/mol. The lowest BCUT2D eigenvalue weighted by molar-refractivity contribution is 0.459. The quantitative estimate of drug-likeness (QED) is 0.162. The minimum absolute atomic E-state index is 0.111. The molecule has 4 aliphatic rings. The van der Waals surface area contributed by atoms with Crippen LogP contribution < -0.4 is 42.3 Å². The maximum Gasteiger partial charge on any atom is 0.256 e. The van der Waals surface area contributed by atoms with Crippen molar-refractivity contribution in [3.63, 3.8) is 0 Å². The monoisotopic (exact) mass is 954 g/mol. The topological polar surface area (TPSA) is 54.6 Å². The normalized spacial score (nSPS) is 13.6. The number of nitrogens with zero attached hydrogens (tertiary/aromatic N) is 2. The van der Waals surface area contributed by atoms with Gasteiger partial charge in [0.05, 0.1) is 11.0 Å². The molecule has 4 aliphatic heterocycles. The van der Waals surface area contributed by atoms with E-state index in [1.165, 1.54) is 65.5 Å². The summed E-state index contributed by atoms with van der Waals surface area (Å²) in [7, 11) is 0. The first-order chi connectivity index (χ1) is 37.1. The zero-order valence-corrected chi connectivity index (χ0v) is 40.2. The van der Waals surface area contributed by atoms with Gasteiger partial charge in [-0.25, -0.2) is 0 Å². The van der Waals surface area contributed by atoms with Crippen molar-refractivity contribution in [3.8, 4) is 56.6 Å². The van der Waals surface area contributed by atoms with Crippen LogP contribution in [0.5, 0.6) is 23.0 Å². The number of rotatable bonds is 2. The summed E-state index contributed by atoms with van der Waals surface area (Å²) in [5.41, 5.74) is 23.2. The van der Waals surface area contributed by atoms with Crippen molar-refractivity contribution in [1.29, 1.82) is 0 Å². The highest BCUT2D eigenvalue weighted by Crippen LogP contribution is 2.46. The van der Waals surface area contributed by atoms with Crippen LogP contribution in [0.25, 0.3) is 121 Å². The minimum Gasteiger partial charge on any atom is -0.458 e. The van der Waals surface area contributed by atoms with E-state index in [4.69, 9.17) is 18.3 Å². The van der Waals surface area contributed by atoms with Crippen LogP contribution >= 0.6 is 0 Å². The summed E-state index contributed by atoms with van der Waals surface area (Å²) in [6.45, 7) is 1.99. The fourth-order valence-corrected chi connectivity index (χ4v) is 14.3. The van der Waals surface area contributed by atoms with Gasteiger partial charge in [-0.15, -0.1) is 0 Å². The molecule has 8 heteroatoms. The Balaban J connectivity index is 0.876. The van der Waals surface area contributed by atoms with Crippen molar-refractivity contribution in [2.45, 2.75) is 6.92 Å². The van der Waals surface area contributed by atoms with Crippen molar-refractivity contribution in [1.82, 2.24) is 9.13 Å². The van der Waals surface area contributed by atoms with E-state index in [9.17, 15) is 0 Å². The maximum atomic E-state index is 7.51. The first kappa shape index (κ1) is 39.0. The van der Waals surface area contributed by atoms with Gasteiger partial charge in [-0.1, -0.05) is 127 Å². The summed E-state index contributed by atoms with van der Waals surface area (Å²) >= 11 is 0. The Labute approximate surface area is 428 Å². The average Bonchev–Trinajstić information content (AvgIpc) is 4.28. The van der Waals surface area contributed by atoms with Gasteiger partial charge in [0.15, 0.2) is 0 Å². The van der Waals surface area contributed by atoms with Crippen molar-refractivity contribution < 1.29 is 18.3 Å². The molecule has 0 unspecified atom stereocenters. The fourth-order valence-electron chi connectivity index (χ4n) is 14.3. The molecule has 6 nitrogen and oxygen atoms in total. The molecule has 0 fully saturated rings. The number of hydrogen-bond donors (Lipinski definition) is 0. The SMILES string of the molecule is Cc1c2c(cc3c1Oc1cc(-c4ccc5oc6ccccc6c5c4)cc4c1B3c1cccc3c5ccccc5n-4c13)B1c3c(cc(-c4ccc5oc6ccccc6c5c4)cc3-n3c4ccccc4c4cccc1c43)O2. The van der Waals surface area contributed by atoms with E-state index in [1.807, 2.05) is 24.3 Å². The summed E-state index contributed by atoms with van der Waals surface area (Å²) in [4.78, 5) is 0. The van der Waals surface area contributed by atoms with Crippen LogP contribution in [0.4, 0.5) is 0 Å². The van der Waals surface area contributed by atoms with Crippen LogP contribution in [-0.2, 0) is 0 Å². The van der Waals surface area contributed by atoms with E-state index < -0.39 is 0 Å². The molecule has 8 heterocycles. The van der Waals surface area contributed by atoms with Gasteiger partial charge in [0.1, 0.15) is 45.3 Å². The van der Waals surface area contributed by atoms with E-state index in [2.05, 4.69) is 192 Å². The van der Waals surface area contributed by atoms with Crippen molar-refractivity contribution >= 4 is 134 Å². The molecule has 75 heavy (non-hydrogen) atoms. The zero-order chi connectivity index (χ0) is 48.5.